The van der Waals surface area contributed by atoms with E-state index in [1.807, 2.05) is 0 Å². The standard InChI is InChI=1S/C13H16N2O4S2/c1-9-5-13(20-11(9)8-16)21(17,18)15-7-10-3-4-14-12(6-10)19-2/h3-6,15-16H,7-8H2,1-2H3. The first kappa shape index (κ1) is 15.9. The molecule has 2 heterocycles. The van der Waals surface area contributed by atoms with Crippen LogP contribution in [0.4, 0.5) is 0 Å². The predicted molar refractivity (Wildman–Crippen MR) is 79.8 cm³/mol. The Morgan fingerprint density at radius 1 is 1.43 bits per heavy atom. The maximum absolute atomic E-state index is 12.2. The van der Waals surface area contributed by atoms with Gasteiger partial charge in [-0.3, -0.25) is 0 Å². The Morgan fingerprint density at radius 3 is 2.81 bits per heavy atom. The third-order valence-electron chi connectivity index (χ3n) is 2.88. The number of thiophene rings is 1. The largest absolute Gasteiger partial charge is 0.481 e. The first-order chi connectivity index (χ1) is 9.96. The molecule has 2 aromatic heterocycles. The third-order valence-corrected chi connectivity index (χ3v) is 5.98. The van der Waals surface area contributed by atoms with Crippen LogP contribution in [0.1, 0.15) is 16.0 Å². The molecule has 0 saturated carbocycles. The van der Waals surface area contributed by atoms with Crippen LogP contribution in [0, 0.1) is 6.92 Å². The highest BCUT2D eigenvalue weighted by molar-refractivity contribution is 7.91. The summed E-state index contributed by atoms with van der Waals surface area (Å²) < 4.78 is 32.1. The fourth-order valence-corrected chi connectivity index (χ4v) is 4.21. The minimum atomic E-state index is -3.59. The van der Waals surface area contributed by atoms with Crippen LogP contribution in [0.2, 0.25) is 0 Å². The number of aliphatic hydroxyl groups excluding tert-OH is 1. The third kappa shape index (κ3) is 3.79. The lowest BCUT2D eigenvalue weighted by atomic mass is 10.3. The molecule has 0 aromatic carbocycles. The average Bonchev–Trinajstić information content (AvgIpc) is 2.87. The number of ether oxygens (including phenoxy) is 1. The number of aliphatic hydroxyl groups is 1. The summed E-state index contributed by atoms with van der Waals surface area (Å²) in [6.07, 6.45) is 1.56. The number of pyridine rings is 1. The van der Waals surface area contributed by atoms with Crippen LogP contribution in [-0.4, -0.2) is 25.6 Å². The van der Waals surface area contributed by atoms with E-state index in [4.69, 9.17) is 9.84 Å². The summed E-state index contributed by atoms with van der Waals surface area (Å²) in [5, 5.41) is 9.14. The monoisotopic (exact) mass is 328 g/mol. The zero-order valence-electron chi connectivity index (χ0n) is 11.7. The zero-order valence-corrected chi connectivity index (χ0v) is 13.3. The molecule has 2 aromatic rings. The Labute approximate surface area is 127 Å². The fourth-order valence-electron chi connectivity index (χ4n) is 1.70. The molecule has 6 nitrogen and oxygen atoms in total. The Morgan fingerprint density at radius 2 is 2.19 bits per heavy atom. The van der Waals surface area contributed by atoms with Crippen molar-refractivity contribution in [3.63, 3.8) is 0 Å². The second kappa shape index (κ2) is 6.52. The van der Waals surface area contributed by atoms with Crippen LogP contribution < -0.4 is 9.46 Å². The highest BCUT2D eigenvalue weighted by atomic mass is 32.2. The van der Waals surface area contributed by atoms with Gasteiger partial charge in [0.05, 0.1) is 13.7 Å². The van der Waals surface area contributed by atoms with E-state index in [1.54, 1.807) is 31.3 Å². The van der Waals surface area contributed by atoms with Crippen LogP contribution in [0.3, 0.4) is 0 Å². The van der Waals surface area contributed by atoms with Gasteiger partial charge in [0.1, 0.15) is 4.21 Å². The number of nitrogens with one attached hydrogen (secondary N) is 1. The molecule has 0 spiro atoms. The SMILES string of the molecule is COc1cc(CNS(=O)(=O)c2cc(C)c(CO)s2)ccn1. The van der Waals surface area contributed by atoms with Gasteiger partial charge in [0, 0.05) is 23.7 Å². The van der Waals surface area contributed by atoms with Crippen LogP contribution >= 0.6 is 11.3 Å². The van der Waals surface area contributed by atoms with Crippen molar-refractivity contribution in [3.8, 4) is 5.88 Å². The minimum absolute atomic E-state index is 0.145. The molecule has 0 radical (unpaired) electrons. The van der Waals surface area contributed by atoms with Crippen molar-refractivity contribution >= 4 is 21.4 Å². The van der Waals surface area contributed by atoms with Gasteiger partial charge in [0.2, 0.25) is 15.9 Å². The topological polar surface area (TPSA) is 88.5 Å². The quantitative estimate of drug-likeness (QED) is 0.837. The van der Waals surface area contributed by atoms with Gasteiger partial charge < -0.3 is 9.84 Å². The lowest BCUT2D eigenvalue weighted by Gasteiger charge is -2.06. The molecule has 0 bridgehead atoms. The molecule has 0 aliphatic rings. The van der Waals surface area contributed by atoms with Crippen LogP contribution in [0.15, 0.2) is 28.6 Å². The van der Waals surface area contributed by atoms with E-state index in [0.717, 1.165) is 22.5 Å². The summed E-state index contributed by atoms with van der Waals surface area (Å²) in [7, 11) is -2.09. The molecule has 0 atom stereocenters. The van der Waals surface area contributed by atoms with Crippen molar-refractivity contribution in [2.75, 3.05) is 7.11 Å². The molecular formula is C13H16N2O4S2. The Kier molecular flexibility index (Phi) is 4.94. The average molecular weight is 328 g/mol. The summed E-state index contributed by atoms with van der Waals surface area (Å²) >= 11 is 1.07. The Bertz CT molecular complexity index is 726. The fraction of sp³-hybridized carbons (Fsp3) is 0.308. The summed E-state index contributed by atoms with van der Waals surface area (Å²) in [5.41, 5.74) is 1.52. The summed E-state index contributed by atoms with van der Waals surface area (Å²) in [6.45, 7) is 1.76. The highest BCUT2D eigenvalue weighted by Gasteiger charge is 2.18. The van der Waals surface area contributed by atoms with Crippen LogP contribution in [0.5, 0.6) is 5.88 Å². The van der Waals surface area contributed by atoms with Gasteiger partial charge in [-0.15, -0.1) is 11.3 Å². The van der Waals surface area contributed by atoms with E-state index in [-0.39, 0.29) is 17.4 Å². The first-order valence-electron chi connectivity index (χ1n) is 6.15. The number of aryl methyl sites for hydroxylation is 1. The maximum atomic E-state index is 12.2. The van der Waals surface area contributed by atoms with Crippen molar-refractivity contribution in [1.29, 1.82) is 0 Å². The van der Waals surface area contributed by atoms with Crippen molar-refractivity contribution < 1.29 is 18.3 Å². The normalized spacial score (nSPS) is 11.6. The molecule has 0 saturated heterocycles. The molecule has 114 valence electrons. The van der Waals surface area contributed by atoms with Crippen molar-refractivity contribution in [3.05, 3.63) is 40.4 Å². The van der Waals surface area contributed by atoms with E-state index in [9.17, 15) is 8.42 Å². The first-order valence-corrected chi connectivity index (χ1v) is 8.45. The lowest BCUT2D eigenvalue weighted by molar-refractivity contribution is 0.285. The minimum Gasteiger partial charge on any atom is -0.481 e. The van der Waals surface area contributed by atoms with E-state index >= 15 is 0 Å². The molecular weight excluding hydrogens is 312 g/mol. The summed E-state index contributed by atoms with van der Waals surface area (Å²) in [6, 6.07) is 4.94. The molecule has 0 aliphatic carbocycles. The molecule has 2 rings (SSSR count). The van der Waals surface area contributed by atoms with Gasteiger partial charge in [0.15, 0.2) is 0 Å². The number of aromatic nitrogens is 1. The number of hydrogen-bond acceptors (Lipinski definition) is 6. The Balaban J connectivity index is 2.13. The van der Waals surface area contributed by atoms with Crippen LogP contribution in [0.25, 0.3) is 0 Å². The van der Waals surface area contributed by atoms with Gasteiger partial charge in [0.25, 0.3) is 0 Å². The number of hydrogen-bond donors (Lipinski definition) is 2. The van der Waals surface area contributed by atoms with Gasteiger partial charge >= 0.3 is 0 Å². The summed E-state index contributed by atoms with van der Waals surface area (Å²) in [5.74, 6) is 0.432. The molecule has 0 aliphatic heterocycles. The van der Waals surface area contributed by atoms with Gasteiger partial charge in [-0.05, 0) is 30.2 Å². The second-order valence-corrected chi connectivity index (χ2v) is 7.49. The smallest absolute Gasteiger partial charge is 0.250 e. The van der Waals surface area contributed by atoms with E-state index in [2.05, 4.69) is 9.71 Å². The molecule has 0 unspecified atom stereocenters. The van der Waals surface area contributed by atoms with E-state index in [1.165, 1.54) is 7.11 Å². The van der Waals surface area contributed by atoms with E-state index < -0.39 is 10.0 Å². The predicted octanol–water partition coefficient (Wildman–Crippen LogP) is 1.43. The molecule has 8 heteroatoms. The zero-order chi connectivity index (χ0) is 15.5. The van der Waals surface area contributed by atoms with Gasteiger partial charge in [-0.1, -0.05) is 0 Å². The van der Waals surface area contributed by atoms with Crippen LogP contribution in [-0.2, 0) is 23.2 Å². The number of methoxy groups -OCH3 is 1. The molecule has 2 N–H and O–H groups in total. The van der Waals surface area contributed by atoms with Crippen molar-refractivity contribution in [1.82, 2.24) is 9.71 Å². The summed E-state index contributed by atoms with van der Waals surface area (Å²) in [4.78, 5) is 4.61. The molecule has 21 heavy (non-hydrogen) atoms. The highest BCUT2D eigenvalue weighted by Crippen LogP contribution is 2.26. The lowest BCUT2D eigenvalue weighted by Crippen LogP contribution is -2.22. The Hall–Kier alpha value is -1.48. The van der Waals surface area contributed by atoms with Crippen molar-refractivity contribution in [2.45, 2.75) is 24.3 Å². The molecule has 0 fully saturated rings. The van der Waals surface area contributed by atoms with Gasteiger partial charge in [-0.25, -0.2) is 18.1 Å². The van der Waals surface area contributed by atoms with Gasteiger partial charge in [-0.2, -0.15) is 0 Å². The number of nitrogens with zero attached hydrogens (tertiary/aromatic N) is 1. The number of rotatable bonds is 6. The second-order valence-electron chi connectivity index (χ2n) is 4.36. The number of sulfonamides is 1. The maximum Gasteiger partial charge on any atom is 0.250 e. The van der Waals surface area contributed by atoms with E-state index in [0.29, 0.717) is 10.8 Å². The molecule has 0 amide bonds. The van der Waals surface area contributed by atoms with Crippen molar-refractivity contribution in [2.24, 2.45) is 0 Å².